The summed E-state index contributed by atoms with van der Waals surface area (Å²) in [5.74, 6) is 1.01. The van der Waals surface area contributed by atoms with Crippen molar-refractivity contribution in [1.82, 2.24) is 9.66 Å². The summed E-state index contributed by atoms with van der Waals surface area (Å²) >= 11 is 3.47. The molecule has 0 saturated heterocycles. The number of hydrogen-bond acceptors (Lipinski definition) is 7. The number of carbonyl (C=O) groups is 1. The van der Waals surface area contributed by atoms with E-state index in [1.807, 2.05) is 6.92 Å². The van der Waals surface area contributed by atoms with Crippen LogP contribution >= 0.6 is 15.9 Å². The molecule has 0 aliphatic carbocycles. The summed E-state index contributed by atoms with van der Waals surface area (Å²) < 4.78 is 18.0. The number of methoxy groups -OCH3 is 1. The number of aromatic nitrogens is 2. The molecule has 0 atom stereocenters. The van der Waals surface area contributed by atoms with E-state index < -0.39 is 0 Å². The summed E-state index contributed by atoms with van der Waals surface area (Å²) in [7, 11) is 1.54. The third-order valence-corrected chi connectivity index (χ3v) is 3.77. The maximum Gasteiger partial charge on any atom is 0.302 e. The molecule has 2 N–H and O–H groups in total. The van der Waals surface area contributed by atoms with Gasteiger partial charge in [-0.05, 0) is 35.0 Å². The van der Waals surface area contributed by atoms with Crippen molar-refractivity contribution in [3.05, 3.63) is 34.1 Å². The normalized spacial score (nSPS) is 10.9. The van der Waals surface area contributed by atoms with Crippen LogP contribution in [0.25, 0.3) is 0 Å². The van der Waals surface area contributed by atoms with Gasteiger partial charge in [0.05, 0.1) is 25.2 Å². The Balaban J connectivity index is 2.15. The first-order chi connectivity index (χ1) is 11.9. The van der Waals surface area contributed by atoms with Gasteiger partial charge < -0.3 is 19.9 Å². The van der Waals surface area contributed by atoms with Gasteiger partial charge in [0.25, 0.3) is 0 Å². The summed E-state index contributed by atoms with van der Waals surface area (Å²) in [5, 5.41) is 4.28. The average Bonchev–Trinajstić information content (AvgIpc) is 2.88. The second-order valence-electron chi connectivity index (χ2n) is 5.04. The van der Waals surface area contributed by atoms with E-state index >= 15 is 0 Å². The lowest BCUT2D eigenvalue weighted by atomic mass is 10.2. The Hall–Kier alpha value is -2.55. The van der Waals surface area contributed by atoms with Gasteiger partial charge in [0.2, 0.25) is 5.95 Å². The van der Waals surface area contributed by atoms with E-state index in [-0.39, 0.29) is 19.2 Å². The Morgan fingerprint density at radius 2 is 2.16 bits per heavy atom. The molecule has 1 heterocycles. The van der Waals surface area contributed by atoms with Gasteiger partial charge in [0.15, 0.2) is 11.5 Å². The number of benzene rings is 1. The average molecular weight is 411 g/mol. The molecule has 0 amide bonds. The van der Waals surface area contributed by atoms with Crippen molar-refractivity contribution < 1.29 is 19.0 Å². The molecule has 1 aromatic heterocycles. The van der Waals surface area contributed by atoms with Crippen molar-refractivity contribution in [2.75, 3.05) is 26.1 Å². The number of hydrogen-bond donors (Lipinski definition) is 1. The summed E-state index contributed by atoms with van der Waals surface area (Å²) in [5.41, 5.74) is 7.31. The van der Waals surface area contributed by atoms with Gasteiger partial charge in [0.1, 0.15) is 13.2 Å². The minimum Gasteiger partial charge on any atom is -0.493 e. The Kier molecular flexibility index (Phi) is 6.40. The van der Waals surface area contributed by atoms with Crippen molar-refractivity contribution in [1.29, 1.82) is 0 Å². The summed E-state index contributed by atoms with van der Waals surface area (Å²) in [4.78, 5) is 14.8. The predicted octanol–water partition coefficient (Wildman–Crippen LogP) is 2.37. The minimum atomic E-state index is -0.350. The van der Waals surface area contributed by atoms with Crippen molar-refractivity contribution in [2.45, 2.75) is 13.8 Å². The van der Waals surface area contributed by atoms with Gasteiger partial charge in [-0.25, -0.2) is 9.66 Å². The largest absolute Gasteiger partial charge is 0.493 e. The van der Waals surface area contributed by atoms with Crippen LogP contribution in [0.4, 0.5) is 5.95 Å². The van der Waals surface area contributed by atoms with Crippen LogP contribution in [0, 0.1) is 6.92 Å². The molecule has 25 heavy (non-hydrogen) atoms. The number of imidazole rings is 1. The number of nitrogens with zero attached hydrogens (tertiary/aromatic N) is 3. The van der Waals surface area contributed by atoms with Crippen molar-refractivity contribution in [3.63, 3.8) is 0 Å². The molecule has 2 aromatic rings. The van der Waals surface area contributed by atoms with Gasteiger partial charge in [-0.2, -0.15) is 5.10 Å². The van der Waals surface area contributed by atoms with Gasteiger partial charge >= 0.3 is 5.97 Å². The number of carbonyl (C=O) groups excluding carboxylic acids is 1. The van der Waals surface area contributed by atoms with Crippen LogP contribution in [-0.2, 0) is 9.53 Å². The molecule has 0 aliphatic heterocycles. The van der Waals surface area contributed by atoms with Crippen LogP contribution < -0.4 is 15.2 Å². The monoisotopic (exact) mass is 410 g/mol. The summed E-state index contributed by atoms with van der Waals surface area (Å²) in [6, 6.07) is 3.53. The number of aryl methyl sites for hydroxylation is 1. The van der Waals surface area contributed by atoms with E-state index in [9.17, 15) is 4.79 Å². The fourth-order valence-electron chi connectivity index (χ4n) is 1.98. The smallest absolute Gasteiger partial charge is 0.302 e. The maximum absolute atomic E-state index is 10.8. The predicted molar refractivity (Wildman–Crippen MR) is 97.2 cm³/mol. The molecule has 0 radical (unpaired) electrons. The van der Waals surface area contributed by atoms with Crippen LogP contribution in [-0.4, -0.2) is 42.2 Å². The zero-order valence-corrected chi connectivity index (χ0v) is 15.7. The molecule has 0 aliphatic rings. The number of esters is 1. The van der Waals surface area contributed by atoms with Gasteiger partial charge in [-0.15, -0.1) is 0 Å². The molecule has 8 nitrogen and oxygen atoms in total. The van der Waals surface area contributed by atoms with Crippen LogP contribution in [0.5, 0.6) is 11.5 Å². The zero-order valence-electron chi connectivity index (χ0n) is 14.2. The first-order valence-electron chi connectivity index (χ1n) is 7.40. The fraction of sp³-hybridized carbons (Fsp3) is 0.312. The van der Waals surface area contributed by atoms with Crippen molar-refractivity contribution in [3.8, 4) is 11.5 Å². The first kappa shape index (κ1) is 18.8. The number of nitrogens with two attached hydrogens (primary N) is 1. The topological polar surface area (TPSA) is 101 Å². The van der Waals surface area contributed by atoms with Crippen LogP contribution in [0.3, 0.4) is 0 Å². The Morgan fingerprint density at radius 1 is 1.40 bits per heavy atom. The number of halogens is 1. The summed E-state index contributed by atoms with van der Waals surface area (Å²) in [6.07, 6.45) is 3.36. The third-order valence-electron chi connectivity index (χ3n) is 3.09. The first-order valence-corrected chi connectivity index (χ1v) is 8.19. The van der Waals surface area contributed by atoms with Crippen LogP contribution in [0.1, 0.15) is 18.2 Å². The van der Waals surface area contributed by atoms with Crippen LogP contribution in [0.15, 0.2) is 27.9 Å². The van der Waals surface area contributed by atoms with Gasteiger partial charge in [0, 0.05) is 17.0 Å². The SMILES string of the molecule is COc1cc(C=Nn2cc(C)nc2N)c(Br)cc1OCCOC(C)=O. The van der Waals surface area contributed by atoms with Gasteiger partial charge in [-0.3, -0.25) is 4.79 Å². The highest BCUT2D eigenvalue weighted by Crippen LogP contribution is 2.33. The van der Waals surface area contributed by atoms with E-state index in [2.05, 4.69) is 26.0 Å². The molecule has 0 unspecified atom stereocenters. The molecular formula is C16H19BrN4O4. The zero-order chi connectivity index (χ0) is 18.4. The third kappa shape index (κ3) is 5.21. The van der Waals surface area contributed by atoms with Gasteiger partial charge in [-0.1, -0.05) is 0 Å². The lowest BCUT2D eigenvalue weighted by molar-refractivity contribution is -0.141. The summed E-state index contributed by atoms with van der Waals surface area (Å²) in [6.45, 7) is 3.57. The lowest BCUT2D eigenvalue weighted by Gasteiger charge is -2.12. The second-order valence-corrected chi connectivity index (χ2v) is 5.90. The van der Waals surface area contributed by atoms with Crippen molar-refractivity contribution in [2.24, 2.45) is 5.10 Å². The Bertz CT molecular complexity index is 789. The second kappa shape index (κ2) is 8.52. The maximum atomic E-state index is 10.8. The highest BCUT2D eigenvalue weighted by Gasteiger charge is 2.10. The van der Waals surface area contributed by atoms with E-state index in [0.717, 1.165) is 15.7 Å². The molecule has 9 heteroatoms. The number of ether oxygens (including phenoxy) is 3. The molecule has 0 spiro atoms. The van der Waals surface area contributed by atoms with Crippen molar-refractivity contribution >= 4 is 34.1 Å². The minimum absolute atomic E-state index is 0.165. The van der Waals surface area contributed by atoms with E-state index in [4.69, 9.17) is 19.9 Å². The Labute approximate surface area is 153 Å². The number of nitrogen functional groups attached to an aromatic ring is 1. The number of anilines is 1. The molecule has 1 aromatic carbocycles. The lowest BCUT2D eigenvalue weighted by Crippen LogP contribution is -2.10. The molecule has 134 valence electrons. The molecular weight excluding hydrogens is 392 g/mol. The molecule has 0 saturated carbocycles. The fourth-order valence-corrected chi connectivity index (χ4v) is 2.40. The van der Waals surface area contributed by atoms with E-state index in [0.29, 0.717) is 17.4 Å². The van der Waals surface area contributed by atoms with Crippen LogP contribution in [0.2, 0.25) is 0 Å². The quantitative estimate of drug-likeness (QED) is 0.427. The number of rotatable bonds is 7. The molecule has 0 fully saturated rings. The highest BCUT2D eigenvalue weighted by molar-refractivity contribution is 9.10. The molecule has 2 rings (SSSR count). The van der Waals surface area contributed by atoms with E-state index in [1.54, 1.807) is 31.7 Å². The molecule has 0 bridgehead atoms. The Morgan fingerprint density at radius 3 is 2.76 bits per heavy atom. The standard InChI is InChI=1S/C16H19BrN4O4/c1-10-9-21(16(18)20-10)19-8-12-6-14(23-3)15(7-13(12)17)25-5-4-24-11(2)22/h6-9H,4-5H2,1-3H3,(H2,18,20). The van der Waals surface area contributed by atoms with E-state index in [1.165, 1.54) is 11.6 Å². The highest BCUT2D eigenvalue weighted by atomic mass is 79.9.